The topological polar surface area (TPSA) is 85.0 Å². The van der Waals surface area contributed by atoms with Gasteiger partial charge in [0, 0.05) is 28.6 Å². The highest BCUT2D eigenvalue weighted by Gasteiger charge is 2.25. The summed E-state index contributed by atoms with van der Waals surface area (Å²) in [4.78, 5) is 9.53. The number of rotatable bonds is 4. The second kappa shape index (κ2) is 5.95. The third kappa shape index (κ3) is 2.63. The number of aromatic amines is 1. The van der Waals surface area contributed by atoms with Gasteiger partial charge in [-0.15, -0.1) is 0 Å². The normalized spacial score (nSPS) is 15.1. The van der Waals surface area contributed by atoms with Crippen molar-refractivity contribution in [3.63, 3.8) is 0 Å². The zero-order valence-electron chi connectivity index (χ0n) is 15.0. The average molecular weight is 371 g/mol. The summed E-state index contributed by atoms with van der Waals surface area (Å²) in [7, 11) is 0. The van der Waals surface area contributed by atoms with Crippen LogP contribution in [0.5, 0.6) is 11.5 Å². The minimum Gasteiger partial charge on any atom is -0.454 e. The molecule has 0 amide bonds. The van der Waals surface area contributed by atoms with Crippen LogP contribution in [-0.2, 0) is 0 Å². The number of H-pyrrole nitrogens is 1. The lowest BCUT2D eigenvalue weighted by atomic mass is 10.1. The van der Waals surface area contributed by atoms with Crippen LogP contribution in [0.2, 0.25) is 0 Å². The number of nitrogens with one attached hydrogen (secondary N) is 2. The molecule has 6 rings (SSSR count). The molecular formula is C21H17N5O2. The molecular weight excluding hydrogens is 354 g/mol. The number of para-hydroxylation sites is 1. The first-order chi connectivity index (χ1) is 13.8. The molecule has 4 aromatic rings. The summed E-state index contributed by atoms with van der Waals surface area (Å²) in [5, 5.41) is 11.8. The van der Waals surface area contributed by atoms with Gasteiger partial charge in [-0.05, 0) is 43.2 Å². The summed E-state index contributed by atoms with van der Waals surface area (Å²) in [6.45, 7) is 0.243. The zero-order valence-corrected chi connectivity index (χ0v) is 15.0. The molecule has 2 aromatic carbocycles. The van der Waals surface area contributed by atoms with Crippen LogP contribution in [0.1, 0.15) is 24.5 Å². The summed E-state index contributed by atoms with van der Waals surface area (Å²) in [6, 6.07) is 15.8. The van der Waals surface area contributed by atoms with Crippen molar-refractivity contribution in [3.8, 4) is 22.9 Å². The van der Waals surface area contributed by atoms with Crippen LogP contribution >= 0.6 is 0 Å². The van der Waals surface area contributed by atoms with Gasteiger partial charge in [0.15, 0.2) is 23.1 Å². The van der Waals surface area contributed by atoms with E-state index in [0.717, 1.165) is 33.9 Å². The Bertz CT molecular complexity index is 1200. The van der Waals surface area contributed by atoms with E-state index in [9.17, 15) is 0 Å². The lowest BCUT2D eigenvalue weighted by Crippen LogP contribution is -1.99. The number of aromatic nitrogens is 4. The highest BCUT2D eigenvalue weighted by Crippen LogP contribution is 2.40. The van der Waals surface area contributed by atoms with Gasteiger partial charge in [-0.1, -0.05) is 12.1 Å². The maximum Gasteiger partial charge on any atom is 0.231 e. The van der Waals surface area contributed by atoms with Crippen LogP contribution in [0.4, 0.5) is 11.6 Å². The number of hydrogen-bond donors (Lipinski definition) is 2. The third-order valence-corrected chi connectivity index (χ3v) is 5.10. The number of benzene rings is 2. The number of anilines is 2. The van der Waals surface area contributed by atoms with Crippen molar-refractivity contribution >= 4 is 22.5 Å². The van der Waals surface area contributed by atoms with Gasteiger partial charge in [0.25, 0.3) is 0 Å². The standard InChI is InChI=1S/C21H17N5O2/c1-2-4-15-14(3-1)21(23-19-10-16(25-26-19)12-5-6-12)24-20(22-15)13-7-8-17-18(9-13)28-11-27-17/h1-4,7-10,12H,5-6,11H2,(H2,22,23,24,25,26). The fourth-order valence-corrected chi connectivity index (χ4v) is 3.46. The molecule has 0 bridgehead atoms. The Morgan fingerprint density at radius 3 is 2.79 bits per heavy atom. The fraction of sp³-hybridized carbons (Fsp3) is 0.190. The van der Waals surface area contributed by atoms with Gasteiger partial charge in [-0.3, -0.25) is 5.10 Å². The molecule has 0 spiro atoms. The maximum atomic E-state index is 5.50. The van der Waals surface area contributed by atoms with Gasteiger partial charge >= 0.3 is 0 Å². The largest absolute Gasteiger partial charge is 0.454 e. The van der Waals surface area contributed by atoms with Crippen molar-refractivity contribution in [2.24, 2.45) is 0 Å². The Labute approximate surface area is 160 Å². The molecule has 138 valence electrons. The van der Waals surface area contributed by atoms with Crippen LogP contribution in [0, 0.1) is 0 Å². The monoisotopic (exact) mass is 371 g/mol. The third-order valence-electron chi connectivity index (χ3n) is 5.10. The van der Waals surface area contributed by atoms with E-state index < -0.39 is 0 Å². The first kappa shape index (κ1) is 15.4. The van der Waals surface area contributed by atoms with E-state index in [2.05, 4.69) is 21.6 Å². The van der Waals surface area contributed by atoms with Crippen molar-refractivity contribution in [2.45, 2.75) is 18.8 Å². The van der Waals surface area contributed by atoms with Crippen molar-refractivity contribution in [1.29, 1.82) is 0 Å². The van der Waals surface area contributed by atoms with Crippen LogP contribution in [-0.4, -0.2) is 27.0 Å². The van der Waals surface area contributed by atoms with Crippen molar-refractivity contribution < 1.29 is 9.47 Å². The fourth-order valence-electron chi connectivity index (χ4n) is 3.46. The van der Waals surface area contributed by atoms with Gasteiger partial charge in [-0.2, -0.15) is 5.10 Å². The molecule has 0 saturated heterocycles. The maximum absolute atomic E-state index is 5.50. The Hall–Kier alpha value is -3.61. The Balaban J connectivity index is 1.43. The molecule has 0 atom stereocenters. The Morgan fingerprint density at radius 1 is 0.964 bits per heavy atom. The van der Waals surface area contributed by atoms with Crippen molar-refractivity contribution in [2.75, 3.05) is 12.1 Å². The van der Waals surface area contributed by atoms with E-state index in [1.165, 1.54) is 18.5 Å². The van der Waals surface area contributed by atoms with Gasteiger partial charge in [0.05, 0.1) is 5.52 Å². The number of hydrogen-bond acceptors (Lipinski definition) is 6. The Kier molecular flexibility index (Phi) is 3.28. The van der Waals surface area contributed by atoms with Crippen LogP contribution < -0.4 is 14.8 Å². The molecule has 1 saturated carbocycles. The van der Waals surface area contributed by atoms with E-state index in [1.54, 1.807) is 0 Å². The molecule has 1 aliphatic heterocycles. The molecule has 0 unspecified atom stereocenters. The van der Waals surface area contributed by atoms with E-state index in [1.807, 2.05) is 42.5 Å². The van der Waals surface area contributed by atoms with Gasteiger partial charge in [-0.25, -0.2) is 9.97 Å². The first-order valence-electron chi connectivity index (χ1n) is 9.33. The quantitative estimate of drug-likeness (QED) is 0.554. The van der Waals surface area contributed by atoms with E-state index in [4.69, 9.17) is 19.4 Å². The summed E-state index contributed by atoms with van der Waals surface area (Å²) >= 11 is 0. The predicted molar refractivity (Wildman–Crippen MR) is 105 cm³/mol. The Morgan fingerprint density at radius 2 is 1.86 bits per heavy atom. The number of nitrogens with zero attached hydrogens (tertiary/aromatic N) is 3. The van der Waals surface area contributed by atoms with Crippen molar-refractivity contribution in [1.82, 2.24) is 20.2 Å². The zero-order chi connectivity index (χ0) is 18.5. The smallest absolute Gasteiger partial charge is 0.231 e. The van der Waals surface area contributed by atoms with E-state index in [-0.39, 0.29) is 6.79 Å². The molecule has 28 heavy (non-hydrogen) atoms. The molecule has 2 aliphatic rings. The lowest BCUT2D eigenvalue weighted by Gasteiger charge is -2.10. The highest BCUT2D eigenvalue weighted by atomic mass is 16.7. The van der Waals surface area contributed by atoms with Crippen LogP contribution in [0.25, 0.3) is 22.3 Å². The molecule has 7 heteroatoms. The highest BCUT2D eigenvalue weighted by molar-refractivity contribution is 5.92. The molecule has 1 fully saturated rings. The van der Waals surface area contributed by atoms with Crippen LogP contribution in [0.3, 0.4) is 0 Å². The second-order valence-corrected chi connectivity index (χ2v) is 7.09. The SMILES string of the molecule is c1ccc2c(Nc3cc(C4CC4)[nH]n3)nc(-c3ccc4c(c3)OCO4)nc2c1. The van der Waals surface area contributed by atoms with Crippen LogP contribution in [0.15, 0.2) is 48.5 Å². The van der Waals surface area contributed by atoms with Gasteiger partial charge in [0.2, 0.25) is 6.79 Å². The lowest BCUT2D eigenvalue weighted by molar-refractivity contribution is 0.174. The van der Waals surface area contributed by atoms with Gasteiger partial charge < -0.3 is 14.8 Å². The van der Waals surface area contributed by atoms with Crippen molar-refractivity contribution in [3.05, 3.63) is 54.2 Å². The first-order valence-corrected chi connectivity index (χ1v) is 9.33. The predicted octanol–water partition coefficient (Wildman–Crippen LogP) is 4.37. The molecule has 7 nitrogen and oxygen atoms in total. The van der Waals surface area contributed by atoms with E-state index >= 15 is 0 Å². The summed E-state index contributed by atoms with van der Waals surface area (Å²) < 4.78 is 10.9. The summed E-state index contributed by atoms with van der Waals surface area (Å²) in [5.41, 5.74) is 2.92. The number of ether oxygens (including phenoxy) is 2. The minimum atomic E-state index is 0.243. The average Bonchev–Trinajstić information content (AvgIpc) is 3.29. The molecule has 1 aliphatic carbocycles. The molecule has 0 radical (unpaired) electrons. The second-order valence-electron chi connectivity index (χ2n) is 7.09. The molecule has 2 N–H and O–H groups in total. The summed E-state index contributed by atoms with van der Waals surface area (Å²) in [6.07, 6.45) is 2.46. The molecule has 2 aromatic heterocycles. The number of fused-ring (bicyclic) bond motifs is 2. The minimum absolute atomic E-state index is 0.243. The van der Waals surface area contributed by atoms with Gasteiger partial charge in [0.1, 0.15) is 5.82 Å². The summed E-state index contributed by atoms with van der Waals surface area (Å²) in [5.74, 6) is 4.19. The molecule has 3 heterocycles. The van der Waals surface area contributed by atoms with E-state index in [0.29, 0.717) is 17.5 Å².